The molecule has 242 valence electrons. The van der Waals surface area contributed by atoms with E-state index >= 15 is 0 Å². The van der Waals surface area contributed by atoms with E-state index in [4.69, 9.17) is 9.57 Å². The zero-order valence-corrected chi connectivity index (χ0v) is 23.9. The molecular weight excluding hydrogens is 652 g/mol. The van der Waals surface area contributed by atoms with E-state index in [1.807, 2.05) is 0 Å². The average Bonchev–Trinajstić information content (AvgIpc) is 3.59. The maximum Gasteiger partial charge on any atom is 0.586 e. The van der Waals surface area contributed by atoms with Crippen LogP contribution in [0.2, 0.25) is 0 Å². The molecule has 2 unspecified atom stereocenters. The van der Waals surface area contributed by atoms with E-state index in [1.54, 1.807) is 0 Å². The number of nitrogens with zero attached hydrogens (tertiary/aromatic N) is 1. The minimum atomic E-state index is -5.09. The quantitative estimate of drug-likeness (QED) is 0.356. The van der Waals surface area contributed by atoms with Gasteiger partial charge in [0.25, 0.3) is 11.8 Å². The lowest BCUT2D eigenvalue weighted by Gasteiger charge is -2.16. The molecule has 3 aromatic rings. The van der Waals surface area contributed by atoms with Crippen molar-refractivity contribution in [3.8, 4) is 17.2 Å². The molecule has 2 amide bonds. The highest BCUT2D eigenvalue weighted by Crippen LogP contribution is 2.44. The van der Waals surface area contributed by atoms with Crippen molar-refractivity contribution >= 4 is 38.7 Å². The summed E-state index contributed by atoms with van der Waals surface area (Å²) in [6, 6.07) is 7.49. The van der Waals surface area contributed by atoms with Crippen LogP contribution in [0.5, 0.6) is 17.2 Å². The Morgan fingerprint density at radius 3 is 2.35 bits per heavy atom. The summed E-state index contributed by atoms with van der Waals surface area (Å²) in [6.07, 6.45) is -9.92. The number of hydrogen-bond acceptors (Lipinski definition) is 9. The second-order valence-corrected chi connectivity index (χ2v) is 12.5. The lowest BCUT2D eigenvalue weighted by atomic mass is 9.93. The molecule has 3 heterocycles. The highest BCUT2D eigenvalue weighted by atomic mass is 32.2. The van der Waals surface area contributed by atoms with Gasteiger partial charge in [0.1, 0.15) is 11.6 Å². The number of anilines is 2. The molecule has 3 aliphatic rings. The van der Waals surface area contributed by atoms with Crippen molar-refractivity contribution in [2.45, 2.75) is 18.6 Å². The summed E-state index contributed by atoms with van der Waals surface area (Å²) in [5.41, 5.74) is -2.73. The van der Waals surface area contributed by atoms with Crippen molar-refractivity contribution in [3.05, 3.63) is 76.6 Å². The summed E-state index contributed by atoms with van der Waals surface area (Å²) in [7, 11) is -2.13. The average molecular weight is 672 g/mol. The van der Waals surface area contributed by atoms with Gasteiger partial charge in [-0.25, -0.2) is 12.8 Å². The fourth-order valence-electron chi connectivity index (χ4n) is 5.17. The number of alkyl halides is 5. The third kappa shape index (κ3) is 5.86. The summed E-state index contributed by atoms with van der Waals surface area (Å²) in [5.74, 6) is -5.96. The molecule has 1 fully saturated rings. The molecule has 0 aromatic heterocycles. The smallest absolute Gasteiger partial charge is 0.496 e. The van der Waals surface area contributed by atoms with Gasteiger partial charge in [0.2, 0.25) is 0 Å². The molecule has 6 rings (SSSR count). The first-order chi connectivity index (χ1) is 21.5. The molecule has 0 aliphatic carbocycles. The van der Waals surface area contributed by atoms with Crippen molar-refractivity contribution in [1.82, 2.24) is 0 Å². The molecule has 2 N–H and O–H groups in total. The van der Waals surface area contributed by atoms with Gasteiger partial charge in [-0.15, -0.1) is 8.78 Å². The van der Waals surface area contributed by atoms with Gasteiger partial charge in [-0.05, 0) is 42.5 Å². The van der Waals surface area contributed by atoms with Crippen molar-refractivity contribution < 1.29 is 63.4 Å². The Morgan fingerprint density at radius 1 is 0.957 bits per heavy atom. The standard InChI is InChI=1S/C28H19F6N3O8S/c1-42-20-5-2-12(24-16-10-46(40,41)11-23(16)45-37-24)6-15(20)26(39)36-19-9-22-21(43-28(33,34)44-22)8-14(19)25(38)35-13-3-4-18(29)17(7-13)27(30,31)32/h2-9,16,23H,10-11H2,1H3,(H,35,38)(H,36,39). The monoisotopic (exact) mass is 671 g/mol. The van der Waals surface area contributed by atoms with Gasteiger partial charge in [0, 0.05) is 17.3 Å². The van der Waals surface area contributed by atoms with E-state index in [2.05, 4.69) is 25.3 Å². The number of halogens is 6. The van der Waals surface area contributed by atoms with Crippen LogP contribution in [-0.4, -0.2) is 57.0 Å². The van der Waals surface area contributed by atoms with Crippen LogP contribution in [0.4, 0.5) is 37.7 Å². The largest absolute Gasteiger partial charge is 0.586 e. The predicted octanol–water partition coefficient (Wildman–Crippen LogP) is 4.83. The molecule has 0 radical (unpaired) electrons. The van der Waals surface area contributed by atoms with Gasteiger partial charge in [0.15, 0.2) is 27.4 Å². The molecular formula is C28H19F6N3O8S. The summed E-state index contributed by atoms with van der Waals surface area (Å²) < 4.78 is 119. The van der Waals surface area contributed by atoms with Gasteiger partial charge in [-0.2, -0.15) is 13.2 Å². The number of sulfone groups is 1. The lowest BCUT2D eigenvalue weighted by Crippen LogP contribution is -2.25. The molecule has 3 aliphatic heterocycles. The van der Waals surface area contributed by atoms with Crippen molar-refractivity contribution in [3.63, 3.8) is 0 Å². The Balaban J connectivity index is 1.33. The van der Waals surface area contributed by atoms with E-state index in [0.717, 1.165) is 18.2 Å². The van der Waals surface area contributed by atoms with Crippen LogP contribution in [0.1, 0.15) is 31.8 Å². The van der Waals surface area contributed by atoms with E-state index in [1.165, 1.54) is 25.3 Å². The second kappa shape index (κ2) is 10.8. The molecule has 46 heavy (non-hydrogen) atoms. The Hall–Kier alpha value is -5.00. The van der Waals surface area contributed by atoms with Gasteiger partial charge < -0.3 is 29.7 Å². The van der Waals surface area contributed by atoms with E-state index < -0.39 is 86.0 Å². The number of methoxy groups -OCH3 is 1. The number of carbonyl (C=O) groups excluding carboxylic acids is 2. The summed E-state index contributed by atoms with van der Waals surface area (Å²) in [5, 5.41) is 8.48. The Bertz CT molecular complexity index is 1930. The van der Waals surface area contributed by atoms with Crippen LogP contribution in [0, 0.1) is 11.7 Å². The first-order valence-corrected chi connectivity index (χ1v) is 14.9. The van der Waals surface area contributed by atoms with Crippen molar-refractivity contribution in [1.29, 1.82) is 0 Å². The Kier molecular flexibility index (Phi) is 7.29. The molecule has 3 aromatic carbocycles. The predicted molar refractivity (Wildman–Crippen MR) is 147 cm³/mol. The molecule has 0 spiro atoms. The molecule has 18 heteroatoms. The van der Waals surface area contributed by atoms with Crippen LogP contribution in [0.3, 0.4) is 0 Å². The molecule has 1 saturated heterocycles. The van der Waals surface area contributed by atoms with E-state index in [0.29, 0.717) is 17.7 Å². The first-order valence-electron chi connectivity index (χ1n) is 13.1. The number of ether oxygens (including phenoxy) is 3. The summed E-state index contributed by atoms with van der Waals surface area (Å²) in [4.78, 5) is 32.1. The fraction of sp³-hybridized carbons (Fsp3) is 0.250. The van der Waals surface area contributed by atoms with Gasteiger partial charge >= 0.3 is 12.5 Å². The zero-order valence-electron chi connectivity index (χ0n) is 23.1. The molecule has 0 bridgehead atoms. The number of oxime groups is 1. The first kappa shape index (κ1) is 31.0. The topological polar surface area (TPSA) is 142 Å². The van der Waals surface area contributed by atoms with Crippen LogP contribution < -0.4 is 24.8 Å². The zero-order chi connectivity index (χ0) is 33.2. The van der Waals surface area contributed by atoms with Crippen molar-refractivity contribution in [2.24, 2.45) is 11.1 Å². The number of benzene rings is 3. The van der Waals surface area contributed by atoms with Crippen LogP contribution in [0.25, 0.3) is 0 Å². The minimum absolute atomic E-state index is 0.0145. The third-order valence-corrected chi connectivity index (χ3v) is 8.95. The second-order valence-electron chi connectivity index (χ2n) is 10.3. The number of rotatable bonds is 6. The highest BCUT2D eigenvalue weighted by molar-refractivity contribution is 7.91. The number of fused-ring (bicyclic) bond motifs is 2. The number of amides is 2. The van der Waals surface area contributed by atoms with Gasteiger partial charge in [-0.1, -0.05) is 5.16 Å². The summed E-state index contributed by atoms with van der Waals surface area (Å²) in [6.45, 7) is 0. The fourth-order valence-corrected chi connectivity index (χ4v) is 7.02. The van der Waals surface area contributed by atoms with Crippen LogP contribution in [-0.2, 0) is 20.9 Å². The third-order valence-electron chi connectivity index (χ3n) is 7.24. The highest BCUT2D eigenvalue weighted by Gasteiger charge is 2.47. The van der Waals surface area contributed by atoms with Crippen LogP contribution in [0.15, 0.2) is 53.7 Å². The number of nitrogens with one attached hydrogen (secondary N) is 2. The normalized spacial score (nSPS) is 20.4. The van der Waals surface area contributed by atoms with Crippen LogP contribution >= 0.6 is 0 Å². The SMILES string of the molecule is COc1ccc(C2=NOC3CS(=O)(=O)CC23)cc1C(=O)Nc1cc2c(cc1C(=O)Nc1ccc(F)c(C(F)(F)F)c1)OC(F)(F)O2. The number of carbonyl (C=O) groups is 2. The minimum Gasteiger partial charge on any atom is -0.496 e. The molecule has 11 nitrogen and oxygen atoms in total. The van der Waals surface area contributed by atoms with Crippen molar-refractivity contribution in [2.75, 3.05) is 29.2 Å². The van der Waals surface area contributed by atoms with Gasteiger partial charge in [-0.3, -0.25) is 9.59 Å². The maximum absolute atomic E-state index is 13.9. The van der Waals surface area contributed by atoms with E-state index in [-0.39, 0.29) is 28.5 Å². The Morgan fingerprint density at radius 2 is 1.65 bits per heavy atom. The lowest BCUT2D eigenvalue weighted by molar-refractivity contribution is -0.286. The summed E-state index contributed by atoms with van der Waals surface area (Å²) >= 11 is 0. The molecule has 2 atom stereocenters. The van der Waals surface area contributed by atoms with Gasteiger partial charge in [0.05, 0.1) is 52.6 Å². The Labute approximate surface area is 255 Å². The molecule has 0 saturated carbocycles. The maximum atomic E-state index is 13.9. The van der Waals surface area contributed by atoms with E-state index in [9.17, 15) is 44.3 Å². The number of hydrogen-bond donors (Lipinski definition) is 2.